The number of hydrogen-bond acceptors (Lipinski definition) is 4. The lowest BCUT2D eigenvalue weighted by molar-refractivity contribution is -0.137. The molecule has 0 aliphatic rings. The van der Waals surface area contributed by atoms with Crippen molar-refractivity contribution >= 4 is 36.3 Å². The van der Waals surface area contributed by atoms with Crippen LogP contribution in [0.1, 0.15) is 11.1 Å². The van der Waals surface area contributed by atoms with Crippen LogP contribution in [-0.4, -0.2) is 30.7 Å². The highest BCUT2D eigenvalue weighted by atomic mass is 16.2. The summed E-state index contributed by atoms with van der Waals surface area (Å²) in [6.07, 6.45) is 9.98. The molecule has 2 aromatic rings. The summed E-state index contributed by atoms with van der Waals surface area (Å²) in [7, 11) is 0. The molecule has 0 aliphatic heterocycles. The van der Waals surface area contributed by atoms with Crippen LogP contribution in [0.4, 0.5) is 0 Å². The third-order valence-electron chi connectivity index (χ3n) is 3.18. The number of benzene rings is 2. The van der Waals surface area contributed by atoms with Gasteiger partial charge in [-0.3, -0.25) is 14.6 Å². The number of hydrogen-bond donors (Lipinski definition) is 1. The van der Waals surface area contributed by atoms with Crippen molar-refractivity contribution in [3.05, 3.63) is 83.9 Å². The van der Waals surface area contributed by atoms with Crippen molar-refractivity contribution in [2.24, 2.45) is 10.1 Å². The number of carbonyl (C=O) groups excluding carboxylic acids is 2. The second-order valence-electron chi connectivity index (χ2n) is 5.17. The van der Waals surface area contributed by atoms with Crippen molar-refractivity contribution in [2.75, 3.05) is 6.54 Å². The molecule has 26 heavy (non-hydrogen) atoms. The van der Waals surface area contributed by atoms with Gasteiger partial charge in [-0.1, -0.05) is 72.8 Å². The Bertz CT molecular complexity index is 751. The maximum Gasteiger partial charge on any atom is 0.309 e. The minimum absolute atomic E-state index is 0.222. The Morgan fingerprint density at radius 1 is 0.808 bits per heavy atom. The molecule has 0 saturated carbocycles. The van der Waals surface area contributed by atoms with Gasteiger partial charge >= 0.3 is 5.91 Å². The van der Waals surface area contributed by atoms with E-state index >= 15 is 0 Å². The van der Waals surface area contributed by atoms with E-state index in [1.165, 1.54) is 12.4 Å². The van der Waals surface area contributed by atoms with E-state index in [-0.39, 0.29) is 6.54 Å². The number of hydrazone groups is 1. The fourth-order valence-corrected chi connectivity index (χ4v) is 1.91. The van der Waals surface area contributed by atoms with Gasteiger partial charge in [-0.2, -0.15) is 5.10 Å². The Labute approximate surface area is 152 Å². The van der Waals surface area contributed by atoms with Crippen molar-refractivity contribution in [1.82, 2.24) is 5.43 Å². The first-order chi connectivity index (χ1) is 12.8. The number of carbonyl (C=O) groups is 2. The first-order valence-corrected chi connectivity index (χ1v) is 8.05. The fourth-order valence-electron chi connectivity index (χ4n) is 1.91. The Balaban J connectivity index is 1.69. The molecule has 0 saturated heterocycles. The van der Waals surface area contributed by atoms with Crippen LogP contribution in [0, 0.1) is 0 Å². The molecule has 0 spiro atoms. The Kier molecular flexibility index (Phi) is 7.96. The van der Waals surface area contributed by atoms with Gasteiger partial charge in [0.25, 0.3) is 0 Å². The lowest BCUT2D eigenvalue weighted by atomic mass is 10.2. The lowest BCUT2D eigenvalue weighted by Gasteiger charge is -1.94. The van der Waals surface area contributed by atoms with Crippen LogP contribution in [0.25, 0.3) is 12.2 Å². The third-order valence-corrected chi connectivity index (χ3v) is 3.18. The molecule has 0 radical (unpaired) electrons. The molecule has 2 rings (SSSR count). The number of Topliss-reactive ketones (excluding diaryl/α,β-unsaturated/α-hetero) is 1. The van der Waals surface area contributed by atoms with Gasteiger partial charge in [-0.05, 0) is 23.3 Å². The van der Waals surface area contributed by atoms with Crippen LogP contribution in [-0.2, 0) is 9.59 Å². The smallest absolute Gasteiger partial charge is 0.287 e. The van der Waals surface area contributed by atoms with Gasteiger partial charge in [-0.15, -0.1) is 0 Å². The first kappa shape index (κ1) is 18.7. The van der Waals surface area contributed by atoms with E-state index in [1.54, 1.807) is 12.2 Å². The van der Waals surface area contributed by atoms with Crippen LogP contribution < -0.4 is 5.43 Å². The van der Waals surface area contributed by atoms with Crippen LogP contribution in [0.5, 0.6) is 0 Å². The highest BCUT2D eigenvalue weighted by molar-refractivity contribution is 6.37. The maximum atomic E-state index is 11.6. The molecular formula is C21H19N3O2. The Morgan fingerprint density at radius 3 is 1.92 bits per heavy atom. The molecular weight excluding hydrogens is 326 g/mol. The zero-order chi connectivity index (χ0) is 18.5. The molecule has 0 unspecified atom stereocenters. The quantitative estimate of drug-likeness (QED) is 0.453. The first-order valence-electron chi connectivity index (χ1n) is 8.05. The SMILES string of the molecule is O=C(CN=C/C=C/c1ccccc1)C(=O)N/N=C/C=C/c1ccccc1. The van der Waals surface area contributed by atoms with Crippen LogP contribution in [0.15, 0.2) is 82.9 Å². The predicted octanol–water partition coefficient (Wildman–Crippen LogP) is 3.16. The molecule has 5 heteroatoms. The molecule has 0 atom stereocenters. The lowest BCUT2D eigenvalue weighted by Crippen LogP contribution is -2.28. The van der Waals surface area contributed by atoms with Gasteiger partial charge in [-0.25, -0.2) is 5.43 Å². The van der Waals surface area contributed by atoms with E-state index in [9.17, 15) is 9.59 Å². The Hall–Kier alpha value is -3.60. The fraction of sp³-hybridized carbons (Fsp3) is 0.0476. The molecule has 1 amide bonds. The largest absolute Gasteiger partial charge is 0.309 e. The van der Waals surface area contributed by atoms with Crippen molar-refractivity contribution in [3.8, 4) is 0 Å². The normalized spacial score (nSPS) is 11.7. The second-order valence-corrected chi connectivity index (χ2v) is 5.17. The molecule has 0 aliphatic carbocycles. The number of ketones is 1. The molecule has 0 fully saturated rings. The summed E-state index contributed by atoms with van der Waals surface area (Å²) in [6, 6.07) is 19.4. The minimum atomic E-state index is -0.793. The standard InChI is InChI=1S/C21H19N3O2/c25-20(17-22-15-7-13-18-9-3-1-4-10-18)21(26)24-23-16-8-14-19-11-5-2-6-12-19/h1-16H,17H2,(H,24,26)/b13-7+,14-8+,22-15?,23-16+. The number of amides is 1. The molecule has 130 valence electrons. The monoisotopic (exact) mass is 345 g/mol. The highest BCUT2D eigenvalue weighted by Gasteiger charge is 2.10. The summed E-state index contributed by atoms with van der Waals surface area (Å²) in [5.74, 6) is -1.45. The highest BCUT2D eigenvalue weighted by Crippen LogP contribution is 2.00. The van der Waals surface area contributed by atoms with E-state index in [1.807, 2.05) is 72.8 Å². The summed E-state index contributed by atoms with van der Waals surface area (Å²) >= 11 is 0. The van der Waals surface area contributed by atoms with E-state index in [4.69, 9.17) is 0 Å². The van der Waals surface area contributed by atoms with Crippen molar-refractivity contribution in [3.63, 3.8) is 0 Å². The summed E-state index contributed by atoms with van der Waals surface area (Å²) in [4.78, 5) is 27.1. The van der Waals surface area contributed by atoms with Gasteiger partial charge < -0.3 is 0 Å². The second kappa shape index (κ2) is 11.0. The van der Waals surface area contributed by atoms with E-state index in [0.717, 1.165) is 11.1 Å². The van der Waals surface area contributed by atoms with Crippen LogP contribution in [0.3, 0.4) is 0 Å². The molecule has 5 nitrogen and oxygen atoms in total. The van der Waals surface area contributed by atoms with Crippen LogP contribution >= 0.6 is 0 Å². The molecule has 0 bridgehead atoms. The van der Waals surface area contributed by atoms with Crippen molar-refractivity contribution in [2.45, 2.75) is 0 Å². The minimum Gasteiger partial charge on any atom is -0.287 e. The van der Waals surface area contributed by atoms with E-state index in [2.05, 4.69) is 15.5 Å². The topological polar surface area (TPSA) is 70.9 Å². The van der Waals surface area contributed by atoms with Gasteiger partial charge in [0.15, 0.2) is 0 Å². The van der Waals surface area contributed by atoms with Crippen molar-refractivity contribution < 1.29 is 9.59 Å². The summed E-state index contributed by atoms with van der Waals surface area (Å²) in [5.41, 5.74) is 4.22. The molecule has 0 aromatic heterocycles. The average molecular weight is 345 g/mol. The van der Waals surface area contributed by atoms with E-state index in [0.29, 0.717) is 0 Å². The number of allylic oxidation sites excluding steroid dienone is 2. The van der Waals surface area contributed by atoms with Gasteiger partial charge in [0.1, 0.15) is 6.54 Å². The molecule has 1 N–H and O–H groups in total. The number of aliphatic imine (C=N–C) groups is 1. The average Bonchev–Trinajstić information content (AvgIpc) is 2.68. The maximum absolute atomic E-state index is 11.6. The summed E-state index contributed by atoms with van der Waals surface area (Å²) in [5, 5.41) is 3.69. The summed E-state index contributed by atoms with van der Waals surface area (Å²) in [6.45, 7) is -0.222. The zero-order valence-electron chi connectivity index (χ0n) is 14.2. The Morgan fingerprint density at radius 2 is 1.35 bits per heavy atom. The zero-order valence-corrected chi connectivity index (χ0v) is 14.2. The van der Waals surface area contributed by atoms with Gasteiger partial charge in [0.2, 0.25) is 5.78 Å². The van der Waals surface area contributed by atoms with E-state index < -0.39 is 11.7 Å². The van der Waals surface area contributed by atoms with Gasteiger partial charge in [0, 0.05) is 12.4 Å². The number of nitrogens with one attached hydrogen (secondary N) is 1. The molecule has 2 aromatic carbocycles. The number of rotatable bonds is 8. The number of nitrogens with zero attached hydrogens (tertiary/aromatic N) is 2. The van der Waals surface area contributed by atoms with Gasteiger partial charge in [0.05, 0.1) is 0 Å². The summed E-state index contributed by atoms with van der Waals surface area (Å²) < 4.78 is 0. The van der Waals surface area contributed by atoms with Crippen LogP contribution in [0.2, 0.25) is 0 Å². The molecule has 0 heterocycles. The van der Waals surface area contributed by atoms with Crippen molar-refractivity contribution in [1.29, 1.82) is 0 Å². The predicted molar refractivity (Wildman–Crippen MR) is 106 cm³/mol. The third kappa shape index (κ3) is 7.31.